The van der Waals surface area contributed by atoms with E-state index in [0.29, 0.717) is 18.5 Å². The maximum Gasteiger partial charge on any atom is 0.244 e. The summed E-state index contributed by atoms with van der Waals surface area (Å²) in [6.07, 6.45) is 9.34. The Morgan fingerprint density at radius 2 is 1.90 bits per heavy atom. The lowest BCUT2D eigenvalue weighted by Gasteiger charge is -2.06. The number of carbonyl (C=O) groups excluding carboxylic acids is 2. The van der Waals surface area contributed by atoms with E-state index >= 15 is 0 Å². The second kappa shape index (κ2) is 9.17. The lowest BCUT2D eigenvalue weighted by Crippen LogP contribution is -2.23. The minimum absolute atomic E-state index is 0.0381. The highest BCUT2D eigenvalue weighted by Crippen LogP contribution is 2.33. The van der Waals surface area contributed by atoms with Crippen molar-refractivity contribution in [2.75, 3.05) is 6.54 Å². The molecule has 0 fully saturated rings. The summed E-state index contributed by atoms with van der Waals surface area (Å²) in [5.41, 5.74) is 5.39. The highest BCUT2D eigenvalue weighted by Gasteiger charge is 2.14. The van der Waals surface area contributed by atoms with Crippen molar-refractivity contribution in [3.63, 3.8) is 0 Å². The zero-order chi connectivity index (χ0) is 21.6. The van der Waals surface area contributed by atoms with Gasteiger partial charge in [-0.2, -0.15) is 0 Å². The van der Waals surface area contributed by atoms with Gasteiger partial charge in [-0.3, -0.25) is 14.6 Å². The first-order chi connectivity index (χ1) is 15.1. The summed E-state index contributed by atoms with van der Waals surface area (Å²) in [5, 5.41) is 2.87. The molecular weight excluding hydrogens is 388 g/mol. The van der Waals surface area contributed by atoms with Gasteiger partial charge in [-0.15, -0.1) is 0 Å². The number of rotatable bonds is 7. The second-order valence-electron chi connectivity index (χ2n) is 7.20. The molecule has 0 atom stereocenters. The SMILES string of the molecule is CC(=O)c1ccc(-c2cnc3[nH]cc(/C=C/C(=O)NCCc4ccccn4)cc2-3)cc1. The molecule has 0 saturated heterocycles. The summed E-state index contributed by atoms with van der Waals surface area (Å²) < 4.78 is 0. The summed E-state index contributed by atoms with van der Waals surface area (Å²) in [5.74, 6) is 0.649. The number of Topliss-reactive ketones (excluding diaryl/α,β-unsaturated/α-hetero) is 1. The monoisotopic (exact) mass is 410 g/mol. The van der Waals surface area contributed by atoms with Crippen LogP contribution in [0.5, 0.6) is 0 Å². The highest BCUT2D eigenvalue weighted by molar-refractivity contribution is 5.95. The first kappa shape index (κ1) is 20.2. The fourth-order valence-electron chi connectivity index (χ4n) is 3.32. The van der Waals surface area contributed by atoms with Crippen molar-refractivity contribution >= 4 is 17.8 Å². The van der Waals surface area contributed by atoms with Crippen LogP contribution in [-0.4, -0.2) is 33.2 Å². The molecule has 2 N–H and O–H groups in total. The van der Waals surface area contributed by atoms with Crippen LogP contribution in [0.25, 0.3) is 28.6 Å². The zero-order valence-corrected chi connectivity index (χ0v) is 17.1. The highest BCUT2D eigenvalue weighted by atomic mass is 16.1. The van der Waals surface area contributed by atoms with E-state index in [1.165, 1.54) is 6.08 Å². The molecule has 6 heteroatoms. The van der Waals surface area contributed by atoms with Gasteiger partial charge in [-0.25, -0.2) is 4.98 Å². The van der Waals surface area contributed by atoms with E-state index in [9.17, 15) is 9.59 Å². The predicted octanol–water partition coefficient (Wildman–Crippen LogP) is 4.15. The number of ketones is 1. The largest absolute Gasteiger partial charge is 0.352 e. The molecule has 2 aliphatic rings. The number of carbonyl (C=O) groups is 2. The predicted molar refractivity (Wildman–Crippen MR) is 121 cm³/mol. The zero-order valence-electron chi connectivity index (χ0n) is 17.1. The second-order valence-corrected chi connectivity index (χ2v) is 7.20. The molecule has 1 aromatic carbocycles. The molecule has 0 unspecified atom stereocenters. The summed E-state index contributed by atoms with van der Waals surface area (Å²) in [7, 11) is 0. The van der Waals surface area contributed by atoms with E-state index < -0.39 is 0 Å². The van der Waals surface area contributed by atoms with Crippen molar-refractivity contribution in [1.29, 1.82) is 0 Å². The molecule has 3 heterocycles. The van der Waals surface area contributed by atoms with Crippen LogP contribution in [0.3, 0.4) is 0 Å². The summed E-state index contributed by atoms with van der Waals surface area (Å²) in [6, 6.07) is 15.2. The lowest BCUT2D eigenvalue weighted by molar-refractivity contribution is -0.116. The van der Waals surface area contributed by atoms with Gasteiger partial charge in [0.15, 0.2) is 5.78 Å². The van der Waals surface area contributed by atoms with Crippen molar-refractivity contribution in [2.24, 2.45) is 0 Å². The average molecular weight is 410 g/mol. The van der Waals surface area contributed by atoms with Crippen molar-refractivity contribution in [2.45, 2.75) is 13.3 Å². The Labute approximate surface area is 180 Å². The van der Waals surface area contributed by atoms with Crippen LogP contribution >= 0.6 is 0 Å². The van der Waals surface area contributed by atoms with E-state index in [1.807, 2.05) is 60.9 Å². The Morgan fingerprint density at radius 1 is 1.06 bits per heavy atom. The van der Waals surface area contributed by atoms with E-state index in [2.05, 4.69) is 20.3 Å². The summed E-state index contributed by atoms with van der Waals surface area (Å²) >= 11 is 0. The number of fused-ring (bicyclic) bond motifs is 1. The summed E-state index contributed by atoms with van der Waals surface area (Å²) in [6.45, 7) is 2.08. The van der Waals surface area contributed by atoms with E-state index in [1.54, 1.807) is 19.2 Å². The molecular formula is C25H22N4O2. The van der Waals surface area contributed by atoms with Gasteiger partial charge in [0.25, 0.3) is 0 Å². The molecule has 4 rings (SSSR count). The van der Waals surface area contributed by atoms with Crippen LogP contribution in [0.4, 0.5) is 0 Å². The third-order valence-electron chi connectivity index (χ3n) is 4.99. The first-order valence-corrected chi connectivity index (χ1v) is 10.0. The van der Waals surface area contributed by atoms with Gasteiger partial charge in [-0.1, -0.05) is 30.3 Å². The lowest BCUT2D eigenvalue weighted by atomic mass is 10.00. The topological polar surface area (TPSA) is 87.7 Å². The molecule has 154 valence electrons. The molecule has 0 saturated carbocycles. The van der Waals surface area contributed by atoms with Gasteiger partial charge in [0.05, 0.1) is 0 Å². The number of nitrogens with zero attached hydrogens (tertiary/aromatic N) is 2. The Hall–Kier alpha value is -4.06. The normalized spacial score (nSPS) is 11.1. The van der Waals surface area contributed by atoms with Gasteiger partial charge < -0.3 is 10.3 Å². The number of nitrogens with one attached hydrogen (secondary N) is 2. The van der Waals surface area contributed by atoms with Crippen molar-refractivity contribution in [3.8, 4) is 22.5 Å². The van der Waals surface area contributed by atoms with Crippen LogP contribution < -0.4 is 5.32 Å². The Balaban J connectivity index is 1.44. The molecule has 1 aromatic heterocycles. The maximum absolute atomic E-state index is 12.1. The van der Waals surface area contributed by atoms with E-state index in [0.717, 1.165) is 33.8 Å². The molecule has 0 radical (unpaired) electrons. The molecule has 2 aromatic rings. The molecule has 6 nitrogen and oxygen atoms in total. The van der Waals surface area contributed by atoms with Gasteiger partial charge in [0, 0.05) is 60.0 Å². The number of hydrogen-bond acceptors (Lipinski definition) is 4. The Bertz CT molecular complexity index is 1190. The number of H-pyrrole nitrogens is 1. The van der Waals surface area contributed by atoms with Crippen LogP contribution in [-0.2, 0) is 11.2 Å². The fraction of sp³-hybridized carbons (Fsp3) is 0.120. The molecule has 1 amide bonds. The van der Waals surface area contributed by atoms with Crippen molar-refractivity contribution in [3.05, 3.63) is 90.0 Å². The van der Waals surface area contributed by atoms with Gasteiger partial charge in [-0.05, 0) is 42.3 Å². The fourth-order valence-corrected chi connectivity index (χ4v) is 3.32. The molecule has 0 bridgehead atoms. The Kier molecular flexibility index (Phi) is 5.98. The Morgan fingerprint density at radius 3 is 2.65 bits per heavy atom. The molecule has 2 aliphatic heterocycles. The first-order valence-electron chi connectivity index (χ1n) is 10.0. The number of aromatic amines is 1. The number of pyridine rings is 2. The third kappa shape index (κ3) is 4.93. The molecule has 0 spiro atoms. The van der Waals surface area contributed by atoms with Crippen molar-refractivity contribution < 1.29 is 9.59 Å². The number of aromatic nitrogens is 3. The smallest absolute Gasteiger partial charge is 0.244 e. The third-order valence-corrected chi connectivity index (χ3v) is 4.99. The quantitative estimate of drug-likeness (QED) is 0.354. The van der Waals surface area contributed by atoms with Crippen molar-refractivity contribution in [1.82, 2.24) is 20.3 Å². The van der Waals surface area contributed by atoms with Crippen LogP contribution in [0.15, 0.2) is 73.2 Å². The number of benzene rings is 1. The van der Waals surface area contributed by atoms with Gasteiger partial charge in [0.1, 0.15) is 5.82 Å². The summed E-state index contributed by atoms with van der Waals surface area (Å²) in [4.78, 5) is 35.5. The van der Waals surface area contributed by atoms with Crippen LogP contribution in [0, 0.1) is 0 Å². The van der Waals surface area contributed by atoms with Crippen LogP contribution in [0.1, 0.15) is 28.5 Å². The maximum atomic E-state index is 12.1. The van der Waals surface area contributed by atoms with Gasteiger partial charge in [0.2, 0.25) is 5.91 Å². The average Bonchev–Trinajstić information content (AvgIpc) is 3.22. The van der Waals surface area contributed by atoms with E-state index in [-0.39, 0.29) is 11.7 Å². The molecule has 31 heavy (non-hydrogen) atoms. The minimum Gasteiger partial charge on any atom is -0.352 e. The van der Waals surface area contributed by atoms with Crippen LogP contribution in [0.2, 0.25) is 0 Å². The van der Waals surface area contributed by atoms with E-state index in [4.69, 9.17) is 0 Å². The molecule has 0 aliphatic carbocycles. The standard InChI is InChI=1S/C25H22N4O2/c1-17(30)19-6-8-20(9-7-19)23-16-29-25-22(23)14-18(15-28-25)5-10-24(31)27-13-11-21-4-2-3-12-26-21/h2-10,12,14-16H,11,13H2,1H3,(H,27,31)(H,28,29)/b10-5+. The van der Waals surface area contributed by atoms with Gasteiger partial charge >= 0.3 is 0 Å². The minimum atomic E-state index is -0.156. The number of amides is 1. The number of hydrogen-bond donors (Lipinski definition) is 2.